The minimum atomic E-state index is -4.61. The van der Waals surface area contributed by atoms with Gasteiger partial charge in [-0.2, -0.15) is 13.2 Å². The summed E-state index contributed by atoms with van der Waals surface area (Å²) in [7, 11) is -3.45. The standard InChI is InChI=1S/C27H22F3N5O2S/c1-17-7-9-19(10-8-17)25-15-31-33-35(25)24-14-21(20-5-4-6-22(13-20)38(3,36)37)11-12-23(24)34-16-26(27(28,29)30)32-18(34)2/h4-16H,1-3H3. The lowest BCUT2D eigenvalue weighted by molar-refractivity contribution is -0.141. The Balaban J connectivity index is 1.75. The molecule has 0 atom stereocenters. The number of halogens is 3. The fourth-order valence-electron chi connectivity index (χ4n) is 4.17. The molecular weight excluding hydrogens is 515 g/mol. The average molecular weight is 538 g/mol. The predicted molar refractivity (Wildman–Crippen MR) is 137 cm³/mol. The Labute approximate surface area is 217 Å². The normalized spacial score (nSPS) is 12.2. The van der Waals surface area contributed by atoms with Crippen molar-refractivity contribution >= 4 is 9.84 Å². The lowest BCUT2D eigenvalue weighted by atomic mass is 10.0. The molecule has 0 saturated carbocycles. The van der Waals surface area contributed by atoms with Gasteiger partial charge in [0.2, 0.25) is 0 Å². The van der Waals surface area contributed by atoms with Crippen LogP contribution in [0.1, 0.15) is 17.1 Å². The van der Waals surface area contributed by atoms with Crippen LogP contribution in [0.25, 0.3) is 33.8 Å². The van der Waals surface area contributed by atoms with Crippen molar-refractivity contribution in [3.63, 3.8) is 0 Å². The Morgan fingerprint density at radius 1 is 0.842 bits per heavy atom. The number of aromatic nitrogens is 5. The molecule has 5 aromatic rings. The number of alkyl halides is 3. The van der Waals surface area contributed by atoms with E-state index in [1.54, 1.807) is 47.3 Å². The van der Waals surface area contributed by atoms with Gasteiger partial charge in [-0.25, -0.2) is 18.1 Å². The van der Waals surface area contributed by atoms with Crippen molar-refractivity contribution in [1.29, 1.82) is 0 Å². The van der Waals surface area contributed by atoms with E-state index in [0.717, 1.165) is 23.6 Å². The molecule has 38 heavy (non-hydrogen) atoms. The monoisotopic (exact) mass is 537 g/mol. The molecule has 0 fully saturated rings. The zero-order valence-electron chi connectivity index (χ0n) is 20.6. The minimum absolute atomic E-state index is 0.141. The van der Waals surface area contributed by atoms with Crippen LogP contribution in [0.2, 0.25) is 0 Å². The molecule has 0 radical (unpaired) electrons. The average Bonchev–Trinajstić information content (AvgIpc) is 3.51. The Morgan fingerprint density at radius 2 is 1.53 bits per heavy atom. The molecule has 11 heteroatoms. The number of aryl methyl sites for hydroxylation is 2. The molecule has 2 aromatic heterocycles. The Morgan fingerprint density at radius 3 is 2.18 bits per heavy atom. The van der Waals surface area contributed by atoms with Crippen LogP contribution in [0.4, 0.5) is 13.2 Å². The number of hydrogen-bond donors (Lipinski definition) is 0. The van der Waals surface area contributed by atoms with Gasteiger partial charge in [0.05, 0.1) is 28.2 Å². The van der Waals surface area contributed by atoms with E-state index >= 15 is 0 Å². The summed E-state index contributed by atoms with van der Waals surface area (Å²) < 4.78 is 67.5. The quantitative estimate of drug-likeness (QED) is 0.282. The van der Waals surface area contributed by atoms with Crippen LogP contribution >= 0.6 is 0 Å². The first kappa shape index (κ1) is 25.4. The third-order valence-corrected chi connectivity index (χ3v) is 7.24. The number of hydrogen-bond acceptors (Lipinski definition) is 5. The summed E-state index contributed by atoms with van der Waals surface area (Å²) in [6.45, 7) is 3.45. The maximum absolute atomic E-state index is 13.5. The van der Waals surface area contributed by atoms with E-state index in [1.165, 1.54) is 17.6 Å². The summed E-state index contributed by atoms with van der Waals surface area (Å²) in [6, 6.07) is 19.3. The highest BCUT2D eigenvalue weighted by molar-refractivity contribution is 7.90. The molecule has 194 valence electrons. The van der Waals surface area contributed by atoms with Gasteiger partial charge in [-0.3, -0.25) is 0 Å². The molecule has 0 aliphatic heterocycles. The van der Waals surface area contributed by atoms with Gasteiger partial charge in [-0.15, -0.1) is 5.10 Å². The van der Waals surface area contributed by atoms with Crippen molar-refractivity contribution in [3.05, 3.63) is 96.2 Å². The largest absolute Gasteiger partial charge is 0.434 e. The topological polar surface area (TPSA) is 82.7 Å². The van der Waals surface area contributed by atoms with Gasteiger partial charge in [0.15, 0.2) is 15.5 Å². The van der Waals surface area contributed by atoms with Crippen molar-refractivity contribution < 1.29 is 21.6 Å². The lowest BCUT2D eigenvalue weighted by Crippen LogP contribution is -2.07. The van der Waals surface area contributed by atoms with Crippen molar-refractivity contribution in [2.45, 2.75) is 24.9 Å². The van der Waals surface area contributed by atoms with Crippen LogP contribution in [0.3, 0.4) is 0 Å². The molecule has 0 unspecified atom stereocenters. The number of imidazole rings is 1. The van der Waals surface area contributed by atoms with Crippen molar-refractivity contribution in [2.75, 3.05) is 6.26 Å². The molecule has 0 aliphatic rings. The van der Waals surface area contributed by atoms with E-state index in [-0.39, 0.29) is 10.7 Å². The first-order valence-electron chi connectivity index (χ1n) is 11.5. The number of nitrogens with zero attached hydrogens (tertiary/aromatic N) is 5. The first-order valence-corrected chi connectivity index (χ1v) is 13.4. The SMILES string of the molecule is Cc1ccc(-c2cnnn2-c2cc(-c3cccc(S(C)(=O)=O)c3)ccc2-n2cc(C(F)(F)F)nc2C)cc1. The van der Waals surface area contributed by atoms with Gasteiger partial charge < -0.3 is 4.57 Å². The van der Waals surface area contributed by atoms with Crippen LogP contribution in [-0.2, 0) is 16.0 Å². The molecule has 5 rings (SSSR count). The summed E-state index contributed by atoms with van der Waals surface area (Å²) in [6.07, 6.45) is -0.958. The van der Waals surface area contributed by atoms with Gasteiger partial charge in [-0.05, 0) is 49.2 Å². The van der Waals surface area contributed by atoms with E-state index in [9.17, 15) is 21.6 Å². The van der Waals surface area contributed by atoms with Crippen LogP contribution in [0, 0.1) is 13.8 Å². The summed E-state index contributed by atoms with van der Waals surface area (Å²) in [4.78, 5) is 3.87. The fourth-order valence-corrected chi connectivity index (χ4v) is 4.84. The molecule has 0 aliphatic carbocycles. The maximum Gasteiger partial charge on any atom is 0.434 e. The third kappa shape index (κ3) is 4.84. The van der Waals surface area contributed by atoms with E-state index in [2.05, 4.69) is 15.3 Å². The predicted octanol–water partition coefficient (Wildman–Crippen LogP) is 5.83. The second-order valence-electron chi connectivity index (χ2n) is 8.94. The van der Waals surface area contributed by atoms with E-state index in [4.69, 9.17) is 0 Å². The molecule has 7 nitrogen and oxygen atoms in total. The number of rotatable bonds is 5. The highest BCUT2D eigenvalue weighted by Gasteiger charge is 2.34. The maximum atomic E-state index is 13.5. The zero-order chi connectivity index (χ0) is 27.2. The third-order valence-electron chi connectivity index (χ3n) is 6.13. The van der Waals surface area contributed by atoms with Crippen molar-refractivity contribution in [1.82, 2.24) is 24.5 Å². The zero-order valence-corrected chi connectivity index (χ0v) is 21.4. The van der Waals surface area contributed by atoms with Crippen LogP contribution < -0.4 is 0 Å². The fraction of sp³-hybridized carbons (Fsp3) is 0.148. The molecule has 3 aromatic carbocycles. The van der Waals surface area contributed by atoms with E-state index in [0.29, 0.717) is 28.2 Å². The molecule has 2 heterocycles. The van der Waals surface area contributed by atoms with Crippen molar-refractivity contribution in [2.24, 2.45) is 0 Å². The number of sulfone groups is 1. The molecule has 0 amide bonds. The van der Waals surface area contributed by atoms with Gasteiger partial charge >= 0.3 is 6.18 Å². The summed E-state index contributed by atoms with van der Waals surface area (Å²) in [5.74, 6) is 0.141. The van der Waals surface area contributed by atoms with Crippen molar-refractivity contribution in [3.8, 4) is 33.8 Å². The highest BCUT2D eigenvalue weighted by atomic mass is 32.2. The highest BCUT2D eigenvalue weighted by Crippen LogP contribution is 2.34. The van der Waals surface area contributed by atoms with Crippen LogP contribution in [-0.4, -0.2) is 39.2 Å². The molecule has 0 saturated heterocycles. The number of benzene rings is 3. The Bertz CT molecular complexity index is 1750. The van der Waals surface area contributed by atoms with Crippen LogP contribution in [0.15, 0.2) is 84.0 Å². The summed E-state index contributed by atoms with van der Waals surface area (Å²) in [5, 5.41) is 8.34. The summed E-state index contributed by atoms with van der Waals surface area (Å²) in [5.41, 5.74) is 3.60. The van der Waals surface area contributed by atoms with E-state index in [1.807, 2.05) is 31.2 Å². The summed E-state index contributed by atoms with van der Waals surface area (Å²) >= 11 is 0. The molecular formula is C27H22F3N5O2S. The first-order chi connectivity index (χ1) is 17.9. The molecule has 0 bridgehead atoms. The van der Waals surface area contributed by atoms with Crippen LogP contribution in [0.5, 0.6) is 0 Å². The lowest BCUT2D eigenvalue weighted by Gasteiger charge is -2.16. The molecule has 0 N–H and O–H groups in total. The Kier molecular flexibility index (Phi) is 6.18. The van der Waals surface area contributed by atoms with Gasteiger partial charge in [0.1, 0.15) is 5.82 Å². The van der Waals surface area contributed by atoms with Gasteiger partial charge in [-0.1, -0.05) is 53.2 Å². The van der Waals surface area contributed by atoms with Gasteiger partial charge in [0.25, 0.3) is 0 Å². The second kappa shape index (κ2) is 9.25. The Hall–Kier alpha value is -4.25. The van der Waals surface area contributed by atoms with E-state index < -0.39 is 21.7 Å². The minimum Gasteiger partial charge on any atom is -0.301 e. The smallest absolute Gasteiger partial charge is 0.301 e. The van der Waals surface area contributed by atoms with Gasteiger partial charge in [0, 0.05) is 18.0 Å². The molecule has 0 spiro atoms. The second-order valence-corrected chi connectivity index (χ2v) is 11.0.